The Kier molecular flexibility index (Phi) is 7.64. The van der Waals surface area contributed by atoms with E-state index >= 15 is 0 Å². The summed E-state index contributed by atoms with van der Waals surface area (Å²) in [5.74, 6) is -0.0846. The van der Waals surface area contributed by atoms with Gasteiger partial charge in [0.05, 0.1) is 5.56 Å². The second kappa shape index (κ2) is 7.88. The average Bonchev–Trinajstić information content (AvgIpc) is 2.35. The number of amides is 1. The molecule has 0 radical (unpaired) electrons. The van der Waals surface area contributed by atoms with Crippen molar-refractivity contribution in [3.05, 3.63) is 33.8 Å². The molecule has 1 aromatic rings. The van der Waals surface area contributed by atoms with Crippen LogP contribution < -0.4 is 11.1 Å². The van der Waals surface area contributed by atoms with Gasteiger partial charge < -0.3 is 11.1 Å². The first-order valence-corrected chi connectivity index (χ1v) is 7.04. The van der Waals surface area contributed by atoms with E-state index in [-0.39, 0.29) is 23.9 Å². The molecule has 0 saturated heterocycles. The zero-order chi connectivity index (χ0) is 13.8. The number of carbonyl (C=O) groups is 1. The van der Waals surface area contributed by atoms with Crippen molar-refractivity contribution in [3.8, 4) is 0 Å². The maximum atomic E-state index is 12.1. The highest BCUT2D eigenvalue weighted by atomic mass is 79.9. The molecule has 0 bridgehead atoms. The Hall–Kier alpha value is -0.580. The second-order valence-electron chi connectivity index (χ2n) is 4.74. The van der Waals surface area contributed by atoms with Gasteiger partial charge in [0.15, 0.2) is 0 Å². The van der Waals surface area contributed by atoms with Crippen molar-refractivity contribution in [3.63, 3.8) is 0 Å². The number of nitrogens with one attached hydrogen (secondary N) is 1. The molecule has 0 aliphatic rings. The zero-order valence-corrected chi connectivity index (χ0v) is 14.0. The molecule has 3 nitrogen and oxygen atoms in total. The Morgan fingerprint density at radius 3 is 2.42 bits per heavy atom. The minimum atomic E-state index is -0.313. The molecule has 0 unspecified atom stereocenters. The molecule has 1 aromatic carbocycles. The number of hydrogen-bond donors (Lipinski definition) is 2. The first kappa shape index (κ1) is 18.4. The Bertz CT molecular complexity index is 433. The highest BCUT2D eigenvalue weighted by Gasteiger charge is 2.21. The molecule has 0 heterocycles. The van der Waals surface area contributed by atoms with Crippen LogP contribution in [0.1, 0.15) is 42.6 Å². The molecule has 1 rings (SSSR count). The van der Waals surface area contributed by atoms with Gasteiger partial charge in [0.1, 0.15) is 0 Å². The van der Waals surface area contributed by atoms with Crippen LogP contribution in [0.2, 0.25) is 0 Å². The summed E-state index contributed by atoms with van der Waals surface area (Å²) in [6.07, 6.45) is 1.69. The predicted molar refractivity (Wildman–Crippen MR) is 86.0 cm³/mol. The van der Waals surface area contributed by atoms with Crippen molar-refractivity contribution in [1.29, 1.82) is 0 Å². The maximum absolute atomic E-state index is 12.1. The molecule has 0 aliphatic carbocycles. The second-order valence-corrected chi connectivity index (χ2v) is 5.59. The van der Waals surface area contributed by atoms with Gasteiger partial charge in [-0.15, -0.1) is 12.4 Å². The lowest BCUT2D eigenvalue weighted by Crippen LogP contribution is -2.49. The number of rotatable bonds is 5. The fraction of sp³-hybridized carbons (Fsp3) is 0.500. The van der Waals surface area contributed by atoms with Gasteiger partial charge in [-0.25, -0.2) is 0 Å². The topological polar surface area (TPSA) is 55.1 Å². The molecule has 0 atom stereocenters. The van der Waals surface area contributed by atoms with E-state index in [2.05, 4.69) is 21.2 Å². The first-order valence-electron chi connectivity index (χ1n) is 6.25. The van der Waals surface area contributed by atoms with Gasteiger partial charge in [-0.1, -0.05) is 19.9 Å². The van der Waals surface area contributed by atoms with Gasteiger partial charge in [-0.3, -0.25) is 4.79 Å². The molecule has 5 heteroatoms. The Morgan fingerprint density at radius 1 is 1.37 bits per heavy atom. The molecule has 19 heavy (non-hydrogen) atoms. The first-order chi connectivity index (χ1) is 8.41. The van der Waals surface area contributed by atoms with Crippen LogP contribution in [0.15, 0.2) is 22.7 Å². The van der Waals surface area contributed by atoms with Gasteiger partial charge in [-0.05, 0) is 53.4 Å². The summed E-state index contributed by atoms with van der Waals surface area (Å²) in [6.45, 7) is 6.57. The lowest BCUT2D eigenvalue weighted by Gasteiger charge is -2.26. The van der Waals surface area contributed by atoms with E-state index in [1.165, 1.54) is 0 Å². The molecule has 0 spiro atoms. The van der Waals surface area contributed by atoms with Crippen LogP contribution in [0, 0.1) is 6.92 Å². The summed E-state index contributed by atoms with van der Waals surface area (Å²) in [5, 5.41) is 2.91. The molecular weight excluding hydrogens is 328 g/mol. The van der Waals surface area contributed by atoms with Crippen molar-refractivity contribution in [2.75, 3.05) is 6.54 Å². The molecular formula is C14H22BrClN2O. The fourth-order valence-electron chi connectivity index (χ4n) is 1.66. The number of hydrogen-bond acceptors (Lipinski definition) is 2. The number of benzene rings is 1. The molecule has 3 N–H and O–H groups in total. The van der Waals surface area contributed by atoms with Crippen LogP contribution in [0.4, 0.5) is 0 Å². The van der Waals surface area contributed by atoms with Gasteiger partial charge in [-0.2, -0.15) is 0 Å². The predicted octanol–water partition coefficient (Wildman–Crippen LogP) is 3.43. The molecule has 0 aliphatic heterocycles. The van der Waals surface area contributed by atoms with Crippen molar-refractivity contribution in [2.24, 2.45) is 5.73 Å². The number of aryl methyl sites for hydroxylation is 1. The van der Waals surface area contributed by atoms with Crippen molar-refractivity contribution in [1.82, 2.24) is 5.32 Å². The third-order valence-corrected chi connectivity index (χ3v) is 4.03. The van der Waals surface area contributed by atoms with E-state index in [1.807, 2.05) is 39.0 Å². The molecule has 1 amide bonds. The van der Waals surface area contributed by atoms with E-state index in [0.29, 0.717) is 12.1 Å². The van der Waals surface area contributed by atoms with Gasteiger partial charge in [0, 0.05) is 16.6 Å². The SMILES string of the molecule is CCC(N)(CC)CNC(=O)c1ccc(C)cc1Br.Cl. The van der Waals surface area contributed by atoms with E-state index in [0.717, 1.165) is 22.9 Å². The highest BCUT2D eigenvalue weighted by Crippen LogP contribution is 2.18. The van der Waals surface area contributed by atoms with Crippen LogP contribution in [0.5, 0.6) is 0 Å². The Labute approximate surface area is 129 Å². The van der Waals surface area contributed by atoms with Gasteiger partial charge >= 0.3 is 0 Å². The Morgan fingerprint density at radius 2 is 1.95 bits per heavy atom. The average molecular weight is 350 g/mol. The summed E-state index contributed by atoms with van der Waals surface area (Å²) in [6, 6.07) is 5.68. The third-order valence-electron chi connectivity index (χ3n) is 3.38. The third kappa shape index (κ3) is 5.13. The standard InChI is InChI=1S/C14H21BrN2O.ClH/c1-4-14(16,5-2)9-17-13(18)11-7-6-10(3)8-12(11)15;/h6-8H,4-5,9,16H2,1-3H3,(H,17,18);1H. The Balaban J connectivity index is 0.00000324. The van der Waals surface area contributed by atoms with Crippen LogP contribution in [-0.4, -0.2) is 18.0 Å². The molecule has 0 saturated carbocycles. The lowest BCUT2D eigenvalue weighted by molar-refractivity contribution is 0.0941. The monoisotopic (exact) mass is 348 g/mol. The lowest BCUT2D eigenvalue weighted by atomic mass is 9.94. The van der Waals surface area contributed by atoms with Crippen molar-refractivity contribution >= 4 is 34.2 Å². The zero-order valence-electron chi connectivity index (χ0n) is 11.6. The van der Waals surface area contributed by atoms with E-state index < -0.39 is 0 Å². The summed E-state index contributed by atoms with van der Waals surface area (Å²) < 4.78 is 0.815. The van der Waals surface area contributed by atoms with E-state index in [1.54, 1.807) is 0 Å². The van der Waals surface area contributed by atoms with Crippen LogP contribution in [-0.2, 0) is 0 Å². The number of carbonyl (C=O) groups excluding carboxylic acids is 1. The minimum absolute atomic E-state index is 0. The van der Waals surface area contributed by atoms with Crippen LogP contribution in [0.3, 0.4) is 0 Å². The number of nitrogens with two attached hydrogens (primary N) is 1. The van der Waals surface area contributed by atoms with Gasteiger partial charge in [0.25, 0.3) is 5.91 Å². The smallest absolute Gasteiger partial charge is 0.252 e. The molecule has 108 valence electrons. The summed E-state index contributed by atoms with van der Waals surface area (Å²) in [4.78, 5) is 12.1. The summed E-state index contributed by atoms with van der Waals surface area (Å²) in [5.41, 5.74) is 7.61. The largest absolute Gasteiger partial charge is 0.350 e. The van der Waals surface area contributed by atoms with Crippen molar-refractivity contribution < 1.29 is 4.79 Å². The van der Waals surface area contributed by atoms with E-state index in [4.69, 9.17) is 5.73 Å². The summed E-state index contributed by atoms with van der Waals surface area (Å²) >= 11 is 3.41. The normalized spacial score (nSPS) is 10.8. The molecule has 0 fully saturated rings. The number of halogens is 2. The van der Waals surface area contributed by atoms with Crippen LogP contribution >= 0.6 is 28.3 Å². The summed E-state index contributed by atoms with van der Waals surface area (Å²) in [7, 11) is 0. The van der Waals surface area contributed by atoms with Crippen LogP contribution in [0.25, 0.3) is 0 Å². The maximum Gasteiger partial charge on any atom is 0.252 e. The van der Waals surface area contributed by atoms with Gasteiger partial charge in [0.2, 0.25) is 0 Å². The fourth-order valence-corrected chi connectivity index (χ4v) is 2.33. The van der Waals surface area contributed by atoms with E-state index in [9.17, 15) is 4.79 Å². The highest BCUT2D eigenvalue weighted by molar-refractivity contribution is 9.10. The molecule has 0 aromatic heterocycles. The minimum Gasteiger partial charge on any atom is -0.350 e. The van der Waals surface area contributed by atoms with Crippen molar-refractivity contribution in [2.45, 2.75) is 39.2 Å². The quantitative estimate of drug-likeness (QED) is 0.855.